The van der Waals surface area contributed by atoms with Gasteiger partial charge in [0.2, 0.25) is 0 Å². The largest absolute Gasteiger partial charge is 1.00 e. The van der Waals surface area contributed by atoms with Crippen LogP contribution < -0.4 is 104 Å². The van der Waals surface area contributed by atoms with Gasteiger partial charge in [-0.05, 0) is 0 Å². The summed E-state index contributed by atoms with van der Waals surface area (Å²) in [5.41, 5.74) is -2.97. The van der Waals surface area contributed by atoms with E-state index < -0.39 is 73.7 Å². The van der Waals surface area contributed by atoms with Crippen LogP contribution in [-0.4, -0.2) is 91.5 Å². The van der Waals surface area contributed by atoms with Crippen molar-refractivity contribution in [1.82, 2.24) is 0 Å². The van der Waals surface area contributed by atoms with Gasteiger partial charge in [-0.1, -0.05) is 0 Å². The van der Waals surface area contributed by atoms with Gasteiger partial charge in [0.15, 0.2) is 5.78 Å². The molecule has 0 aromatic rings. The van der Waals surface area contributed by atoms with Gasteiger partial charge in [-0.2, -0.15) is 0 Å². The van der Waals surface area contributed by atoms with Crippen LogP contribution >= 0.6 is 0 Å². The molecular weight excluding hydrogens is 421 g/mol. The van der Waals surface area contributed by atoms with Crippen molar-refractivity contribution >= 4 is 23.7 Å². The van der Waals surface area contributed by atoms with Gasteiger partial charge in [-0.25, -0.2) is 0 Å². The van der Waals surface area contributed by atoms with E-state index in [0.717, 1.165) is 0 Å². The average molecular weight is 438 g/mol. The van der Waals surface area contributed by atoms with Crippen LogP contribution in [0.4, 0.5) is 0 Å². The van der Waals surface area contributed by atoms with Crippen molar-refractivity contribution in [3.05, 3.63) is 0 Å². The SMILES string of the molecule is O=C(CO)C(O)C(O)C(O)CO.O=C([O-])CC(O)(CC(=O)[O-])C(=O)[O-].[Na+].[Na+].[Na+]. The van der Waals surface area contributed by atoms with Gasteiger partial charge in [-0.15, -0.1) is 0 Å². The van der Waals surface area contributed by atoms with Gasteiger partial charge >= 0.3 is 88.7 Å². The van der Waals surface area contributed by atoms with Crippen molar-refractivity contribution in [3.63, 3.8) is 0 Å². The van der Waals surface area contributed by atoms with Crippen molar-refractivity contribution in [2.45, 2.75) is 36.8 Å². The van der Waals surface area contributed by atoms with Crippen LogP contribution in [0.5, 0.6) is 0 Å². The first kappa shape index (κ1) is 39.3. The molecule has 16 heteroatoms. The fourth-order valence-corrected chi connectivity index (χ4v) is 1.29. The molecule has 0 bridgehead atoms. The smallest absolute Gasteiger partial charge is 0.550 e. The molecule has 0 fully saturated rings. The number of aliphatic hydroxyl groups excluding tert-OH is 5. The summed E-state index contributed by atoms with van der Waals surface area (Å²) >= 11 is 0. The molecule has 3 unspecified atom stereocenters. The van der Waals surface area contributed by atoms with E-state index in [2.05, 4.69) is 0 Å². The number of carbonyl (C=O) groups is 4. The van der Waals surface area contributed by atoms with Crippen molar-refractivity contribution in [2.75, 3.05) is 13.2 Å². The molecule has 0 spiro atoms. The fourth-order valence-electron chi connectivity index (χ4n) is 1.29. The molecule has 0 saturated heterocycles. The van der Waals surface area contributed by atoms with E-state index in [4.69, 9.17) is 30.6 Å². The van der Waals surface area contributed by atoms with Crippen LogP contribution in [0.1, 0.15) is 12.8 Å². The molecule has 0 saturated carbocycles. The number of hydrogen-bond donors (Lipinski definition) is 6. The predicted molar refractivity (Wildman–Crippen MR) is 66.4 cm³/mol. The van der Waals surface area contributed by atoms with E-state index in [-0.39, 0.29) is 88.7 Å². The van der Waals surface area contributed by atoms with E-state index in [9.17, 15) is 34.5 Å². The van der Waals surface area contributed by atoms with E-state index in [1.165, 1.54) is 0 Å². The average Bonchev–Trinajstić information content (AvgIpc) is 2.50. The third-order valence-corrected chi connectivity index (χ3v) is 2.64. The maximum absolute atomic E-state index is 10.5. The number of carbonyl (C=O) groups excluding carboxylic acids is 4. The van der Waals surface area contributed by atoms with E-state index in [0.29, 0.717) is 0 Å². The van der Waals surface area contributed by atoms with Crippen molar-refractivity contribution < 1.29 is 154 Å². The Hall–Kier alpha value is 0.840. The molecule has 13 nitrogen and oxygen atoms in total. The topological polar surface area (TPSA) is 259 Å². The number of aliphatic hydroxyl groups is 6. The second-order valence-electron chi connectivity index (χ2n) is 4.73. The summed E-state index contributed by atoms with van der Waals surface area (Å²) in [5, 5.41) is 82.0. The minimum absolute atomic E-state index is 0. The maximum Gasteiger partial charge on any atom is 1.00 e. The normalized spacial score (nSPS) is 12.9. The third kappa shape index (κ3) is 16.6. The Kier molecular flexibility index (Phi) is 27.8. The number of hydrogen-bond acceptors (Lipinski definition) is 13. The summed E-state index contributed by atoms with van der Waals surface area (Å²) < 4.78 is 0. The van der Waals surface area contributed by atoms with Gasteiger partial charge < -0.3 is 60.3 Å². The molecule has 146 valence electrons. The first-order valence-electron chi connectivity index (χ1n) is 6.44. The van der Waals surface area contributed by atoms with Crippen LogP contribution in [-0.2, 0) is 19.2 Å². The van der Waals surface area contributed by atoms with Crippen molar-refractivity contribution in [1.29, 1.82) is 0 Å². The molecule has 0 aromatic heterocycles. The fraction of sp³-hybridized carbons (Fsp3) is 0.667. The zero-order valence-corrected chi connectivity index (χ0v) is 21.6. The van der Waals surface area contributed by atoms with Crippen LogP contribution in [0.15, 0.2) is 0 Å². The van der Waals surface area contributed by atoms with Gasteiger partial charge in [-0.3, -0.25) is 4.79 Å². The van der Waals surface area contributed by atoms with Crippen LogP contribution in [0.2, 0.25) is 0 Å². The Bertz CT molecular complexity index is 471. The Morgan fingerprint density at radius 1 is 0.821 bits per heavy atom. The first-order valence-corrected chi connectivity index (χ1v) is 6.44. The summed E-state index contributed by atoms with van der Waals surface area (Å²) in [7, 11) is 0. The van der Waals surface area contributed by atoms with E-state index >= 15 is 0 Å². The molecular formula is C12H17Na3O13. The van der Waals surface area contributed by atoms with Gasteiger partial charge in [0, 0.05) is 24.8 Å². The molecule has 6 N–H and O–H groups in total. The zero-order chi connectivity index (χ0) is 20.4. The summed E-state index contributed by atoms with van der Waals surface area (Å²) in [5.74, 6) is -6.99. The number of aliphatic carboxylic acids is 3. The predicted octanol–water partition coefficient (Wildman–Crippen LogP) is -17.6. The van der Waals surface area contributed by atoms with Crippen molar-refractivity contribution in [3.8, 4) is 0 Å². The van der Waals surface area contributed by atoms with Gasteiger partial charge in [0.25, 0.3) is 0 Å². The summed E-state index contributed by atoms with van der Waals surface area (Å²) in [6.45, 7) is -1.69. The van der Waals surface area contributed by atoms with Crippen LogP contribution in [0, 0.1) is 0 Å². The Balaban J connectivity index is -0.000000114. The monoisotopic (exact) mass is 438 g/mol. The molecule has 0 amide bonds. The second kappa shape index (κ2) is 19.8. The quantitative estimate of drug-likeness (QED) is 0.173. The second-order valence-corrected chi connectivity index (χ2v) is 4.73. The van der Waals surface area contributed by atoms with Crippen molar-refractivity contribution in [2.24, 2.45) is 0 Å². The Labute approximate surface area is 225 Å². The zero-order valence-electron chi connectivity index (χ0n) is 15.6. The Morgan fingerprint density at radius 2 is 1.18 bits per heavy atom. The minimum Gasteiger partial charge on any atom is -0.550 e. The number of carboxylic acids is 3. The minimum atomic E-state index is -2.97. The van der Waals surface area contributed by atoms with E-state index in [1.54, 1.807) is 0 Å². The molecule has 0 heterocycles. The van der Waals surface area contributed by atoms with Crippen LogP contribution in [0.25, 0.3) is 0 Å². The number of rotatable bonds is 10. The van der Waals surface area contributed by atoms with Gasteiger partial charge in [0.1, 0.15) is 30.5 Å². The number of ketones is 1. The molecule has 0 aliphatic rings. The molecule has 0 aliphatic carbocycles. The summed E-state index contributed by atoms with van der Waals surface area (Å²) in [4.78, 5) is 40.5. The third-order valence-electron chi connectivity index (χ3n) is 2.64. The standard InChI is InChI=1S/C6H8O7.C6H12O6.3Na/c7-3(8)1-6(13,5(11)12)2-4(9)10;7-1-3(9)5(11)6(12)4(10)2-8;;;/h13H,1-2H2,(H,7,8)(H,9,10)(H,11,12);3,5-9,11-12H,1-2H2;;;/q;;3*+1/p-3. The van der Waals surface area contributed by atoms with Gasteiger partial charge in [0.05, 0.1) is 12.6 Å². The molecule has 28 heavy (non-hydrogen) atoms. The number of carboxylic acid groups (broad SMARTS) is 3. The Morgan fingerprint density at radius 3 is 1.39 bits per heavy atom. The molecule has 0 aromatic carbocycles. The molecule has 0 rings (SSSR count). The molecule has 3 atom stereocenters. The summed E-state index contributed by atoms with van der Waals surface area (Å²) in [6, 6.07) is 0. The molecule has 0 radical (unpaired) electrons. The summed E-state index contributed by atoms with van der Waals surface area (Å²) in [6.07, 6.45) is -7.94. The van der Waals surface area contributed by atoms with Crippen LogP contribution in [0.3, 0.4) is 0 Å². The molecule has 0 aliphatic heterocycles. The van der Waals surface area contributed by atoms with E-state index in [1.807, 2.05) is 0 Å². The maximum atomic E-state index is 10.5. The number of Topliss-reactive ketones (excluding diaryl/α,β-unsaturated/α-hetero) is 1. The first-order chi connectivity index (χ1) is 11.3.